The van der Waals surface area contributed by atoms with E-state index in [1.54, 1.807) is 14.2 Å². The number of nitrogens with zero attached hydrogens (tertiary/aromatic N) is 2. The van der Waals surface area contributed by atoms with Gasteiger partial charge in [0, 0.05) is 26.7 Å². The minimum Gasteiger partial charge on any atom is -0.493 e. The van der Waals surface area contributed by atoms with Gasteiger partial charge in [-0.05, 0) is 43.9 Å². The highest BCUT2D eigenvalue weighted by molar-refractivity contribution is 14.0. The molecule has 2 rings (SSSR count). The Morgan fingerprint density at radius 3 is 2.55 bits per heavy atom. The minimum atomic E-state index is -0.0810. The van der Waals surface area contributed by atoms with Crippen LogP contribution < -0.4 is 14.8 Å². The van der Waals surface area contributed by atoms with E-state index in [4.69, 9.17) is 14.2 Å². The van der Waals surface area contributed by atoms with Gasteiger partial charge in [0.1, 0.15) is 0 Å². The quantitative estimate of drug-likeness (QED) is 0.246. The maximum absolute atomic E-state index is 11.9. The molecule has 1 aromatic rings. The third kappa shape index (κ3) is 7.56. The van der Waals surface area contributed by atoms with Crippen molar-refractivity contribution in [2.24, 2.45) is 10.9 Å². The number of hydrogen-bond acceptors (Lipinski definition) is 5. The van der Waals surface area contributed by atoms with Crippen LogP contribution in [0.25, 0.3) is 0 Å². The number of esters is 1. The van der Waals surface area contributed by atoms with Crippen LogP contribution in [0.5, 0.6) is 11.5 Å². The number of rotatable bonds is 8. The monoisotopic (exact) mass is 519 g/mol. The Balaban J connectivity index is 0.00000420. The van der Waals surface area contributed by atoms with Crippen LogP contribution in [0.1, 0.15) is 38.7 Å². The lowest BCUT2D eigenvalue weighted by molar-refractivity contribution is -0.149. The molecule has 1 aliphatic rings. The van der Waals surface area contributed by atoms with Gasteiger partial charge in [0.2, 0.25) is 0 Å². The SMILES string of the molecule is CCCOc1ccc(CNC(=NC)N2CCC(C(=O)OCC)CC2)cc1OC.I. The van der Waals surface area contributed by atoms with E-state index in [9.17, 15) is 4.79 Å². The van der Waals surface area contributed by atoms with Crippen LogP contribution in [-0.4, -0.2) is 57.3 Å². The van der Waals surface area contributed by atoms with Gasteiger partial charge < -0.3 is 24.4 Å². The highest BCUT2D eigenvalue weighted by atomic mass is 127. The van der Waals surface area contributed by atoms with Crippen molar-refractivity contribution >= 4 is 35.9 Å². The summed E-state index contributed by atoms with van der Waals surface area (Å²) in [7, 11) is 3.43. The van der Waals surface area contributed by atoms with E-state index in [-0.39, 0.29) is 35.9 Å². The van der Waals surface area contributed by atoms with Crippen LogP contribution in [0, 0.1) is 5.92 Å². The Morgan fingerprint density at radius 1 is 1.24 bits per heavy atom. The lowest BCUT2D eigenvalue weighted by Crippen LogP contribution is -2.46. The number of likely N-dealkylation sites (tertiary alicyclic amines) is 1. The van der Waals surface area contributed by atoms with Crippen LogP contribution in [-0.2, 0) is 16.1 Å². The first kappa shape index (κ1) is 25.3. The molecule has 1 aromatic carbocycles. The van der Waals surface area contributed by atoms with Crippen molar-refractivity contribution in [1.29, 1.82) is 0 Å². The maximum Gasteiger partial charge on any atom is 0.309 e. The van der Waals surface area contributed by atoms with Crippen LogP contribution in [0.4, 0.5) is 0 Å². The minimum absolute atomic E-state index is 0. The summed E-state index contributed by atoms with van der Waals surface area (Å²) >= 11 is 0. The third-order valence-corrected chi connectivity index (χ3v) is 4.77. The number of nitrogens with one attached hydrogen (secondary N) is 1. The molecule has 1 heterocycles. The maximum atomic E-state index is 11.9. The molecular formula is C21H34IN3O4. The molecule has 164 valence electrons. The second-order valence-corrected chi connectivity index (χ2v) is 6.75. The zero-order valence-electron chi connectivity index (χ0n) is 17.9. The van der Waals surface area contributed by atoms with Crippen LogP contribution in [0.2, 0.25) is 0 Å². The van der Waals surface area contributed by atoms with Crippen LogP contribution in [0.15, 0.2) is 23.2 Å². The number of carbonyl (C=O) groups excluding carboxylic acids is 1. The van der Waals surface area contributed by atoms with Crippen molar-refractivity contribution in [3.8, 4) is 11.5 Å². The molecule has 0 saturated carbocycles. The molecule has 0 bridgehead atoms. The zero-order valence-corrected chi connectivity index (χ0v) is 20.2. The lowest BCUT2D eigenvalue weighted by Gasteiger charge is -2.33. The van der Waals surface area contributed by atoms with E-state index in [0.29, 0.717) is 19.8 Å². The summed E-state index contributed by atoms with van der Waals surface area (Å²) in [6.07, 6.45) is 2.53. The fourth-order valence-corrected chi connectivity index (χ4v) is 3.25. The Morgan fingerprint density at radius 2 is 1.97 bits per heavy atom. The number of benzene rings is 1. The van der Waals surface area contributed by atoms with Crippen LogP contribution >= 0.6 is 24.0 Å². The Bertz CT molecular complexity index is 661. The molecule has 1 fully saturated rings. The predicted molar refractivity (Wildman–Crippen MR) is 125 cm³/mol. The number of piperidine rings is 1. The van der Waals surface area contributed by atoms with Gasteiger partial charge in [-0.1, -0.05) is 13.0 Å². The van der Waals surface area contributed by atoms with Gasteiger partial charge >= 0.3 is 5.97 Å². The van der Waals surface area contributed by atoms with Crippen molar-refractivity contribution in [3.63, 3.8) is 0 Å². The summed E-state index contributed by atoms with van der Waals surface area (Å²) < 4.78 is 16.3. The van der Waals surface area contributed by atoms with Gasteiger partial charge in [-0.2, -0.15) is 0 Å². The summed E-state index contributed by atoms with van der Waals surface area (Å²) in [5.74, 6) is 2.25. The molecule has 8 heteroatoms. The van der Waals surface area contributed by atoms with E-state index in [1.165, 1.54) is 0 Å². The molecule has 0 amide bonds. The molecule has 0 radical (unpaired) electrons. The smallest absolute Gasteiger partial charge is 0.309 e. The molecule has 0 aliphatic carbocycles. The topological polar surface area (TPSA) is 72.4 Å². The average molecular weight is 519 g/mol. The predicted octanol–water partition coefficient (Wildman–Crippen LogP) is 3.45. The molecule has 29 heavy (non-hydrogen) atoms. The van der Waals surface area contributed by atoms with Crippen molar-refractivity contribution in [1.82, 2.24) is 10.2 Å². The summed E-state index contributed by atoms with van der Waals surface area (Å²) in [6, 6.07) is 5.96. The number of ether oxygens (including phenoxy) is 3. The fourth-order valence-electron chi connectivity index (χ4n) is 3.25. The number of aliphatic imine (C=N–C) groups is 1. The molecule has 0 atom stereocenters. The largest absolute Gasteiger partial charge is 0.493 e. The van der Waals surface area contributed by atoms with Crippen molar-refractivity contribution in [3.05, 3.63) is 23.8 Å². The molecular weight excluding hydrogens is 485 g/mol. The second kappa shape index (κ2) is 13.5. The van der Waals surface area contributed by atoms with Gasteiger partial charge in [-0.15, -0.1) is 24.0 Å². The van der Waals surface area contributed by atoms with Crippen molar-refractivity contribution in [2.45, 2.75) is 39.7 Å². The molecule has 0 unspecified atom stereocenters. The first-order valence-electron chi connectivity index (χ1n) is 10.0. The molecule has 7 nitrogen and oxygen atoms in total. The summed E-state index contributed by atoms with van der Waals surface area (Å²) in [6.45, 7) is 7.24. The standard InChI is InChI=1S/C21H33N3O4.HI/c1-5-13-28-18-8-7-16(14-19(18)26-4)15-23-21(22-3)24-11-9-17(10-12-24)20(25)27-6-2;/h7-8,14,17H,5-6,9-13,15H2,1-4H3,(H,22,23);1H. The number of carbonyl (C=O) groups is 1. The van der Waals surface area contributed by atoms with Gasteiger partial charge in [0.15, 0.2) is 17.5 Å². The molecule has 1 aliphatic heterocycles. The normalized spacial score (nSPS) is 14.8. The Labute approximate surface area is 191 Å². The Kier molecular flexibility index (Phi) is 11.8. The first-order chi connectivity index (χ1) is 13.6. The number of hydrogen-bond donors (Lipinski definition) is 1. The van der Waals surface area contributed by atoms with Gasteiger partial charge in [0.05, 0.1) is 26.2 Å². The van der Waals surface area contributed by atoms with Crippen molar-refractivity contribution in [2.75, 3.05) is 40.5 Å². The number of halogens is 1. The molecule has 1 saturated heterocycles. The zero-order chi connectivity index (χ0) is 20.4. The molecule has 0 spiro atoms. The average Bonchev–Trinajstić information content (AvgIpc) is 2.73. The van der Waals surface area contributed by atoms with E-state index in [1.807, 2.05) is 25.1 Å². The van der Waals surface area contributed by atoms with Gasteiger partial charge in [0.25, 0.3) is 0 Å². The van der Waals surface area contributed by atoms with E-state index in [0.717, 1.165) is 55.4 Å². The van der Waals surface area contributed by atoms with Gasteiger partial charge in [-0.3, -0.25) is 9.79 Å². The first-order valence-corrected chi connectivity index (χ1v) is 10.0. The van der Waals surface area contributed by atoms with Crippen LogP contribution in [0.3, 0.4) is 0 Å². The fraction of sp³-hybridized carbons (Fsp3) is 0.619. The van der Waals surface area contributed by atoms with Crippen molar-refractivity contribution < 1.29 is 19.0 Å². The lowest BCUT2D eigenvalue weighted by atomic mass is 9.97. The van der Waals surface area contributed by atoms with E-state index in [2.05, 4.69) is 22.1 Å². The Hall–Kier alpha value is -1.71. The number of methoxy groups -OCH3 is 1. The second-order valence-electron chi connectivity index (χ2n) is 6.75. The highest BCUT2D eigenvalue weighted by Crippen LogP contribution is 2.28. The summed E-state index contributed by atoms with van der Waals surface area (Å²) in [4.78, 5) is 18.5. The summed E-state index contributed by atoms with van der Waals surface area (Å²) in [5, 5.41) is 3.40. The third-order valence-electron chi connectivity index (χ3n) is 4.77. The molecule has 1 N–H and O–H groups in total. The van der Waals surface area contributed by atoms with E-state index < -0.39 is 0 Å². The van der Waals surface area contributed by atoms with E-state index >= 15 is 0 Å². The number of guanidine groups is 1. The highest BCUT2D eigenvalue weighted by Gasteiger charge is 2.27. The van der Waals surface area contributed by atoms with Gasteiger partial charge in [-0.25, -0.2) is 0 Å². The summed E-state index contributed by atoms with van der Waals surface area (Å²) in [5.41, 5.74) is 1.09. The molecule has 0 aromatic heterocycles.